The second-order valence-corrected chi connectivity index (χ2v) is 4.94. The summed E-state index contributed by atoms with van der Waals surface area (Å²) >= 11 is 0. The molecule has 2 unspecified atom stereocenters. The largest absolute Gasteiger partial charge is 0.355 e. The van der Waals surface area contributed by atoms with Crippen LogP contribution in [0.3, 0.4) is 0 Å². The van der Waals surface area contributed by atoms with Crippen molar-refractivity contribution in [3.8, 4) is 0 Å². The summed E-state index contributed by atoms with van der Waals surface area (Å²) in [6.07, 6.45) is 1.02. The summed E-state index contributed by atoms with van der Waals surface area (Å²) in [6.45, 7) is 12.0. The molecule has 1 fully saturated rings. The number of nitrogens with zero attached hydrogens (tertiary/aromatic N) is 1. The zero-order valence-electron chi connectivity index (χ0n) is 12.0. The number of hydrogen-bond donors (Lipinski definition) is 3. The third-order valence-electron chi connectivity index (χ3n) is 3.50. The summed E-state index contributed by atoms with van der Waals surface area (Å²) in [6, 6.07) is 0.381. The highest BCUT2D eigenvalue weighted by atomic mass is 16.2. The van der Waals surface area contributed by atoms with Gasteiger partial charge < -0.3 is 20.9 Å². The second kappa shape index (κ2) is 8.45. The fourth-order valence-corrected chi connectivity index (χ4v) is 2.15. The van der Waals surface area contributed by atoms with Gasteiger partial charge in [-0.1, -0.05) is 13.8 Å². The zero-order valence-corrected chi connectivity index (χ0v) is 12.0. The maximum absolute atomic E-state index is 11.9. The lowest BCUT2D eigenvalue weighted by molar-refractivity contribution is -0.123. The maximum Gasteiger partial charge on any atom is 0.238 e. The molecule has 1 heterocycles. The van der Waals surface area contributed by atoms with Crippen molar-refractivity contribution in [2.24, 2.45) is 0 Å². The lowest BCUT2D eigenvalue weighted by atomic mass is 10.1. The van der Waals surface area contributed by atoms with Crippen molar-refractivity contribution >= 4 is 5.91 Å². The first-order valence-electron chi connectivity index (χ1n) is 7.14. The molecule has 1 saturated heterocycles. The molecule has 0 bridgehead atoms. The molecule has 0 aliphatic carbocycles. The molecule has 106 valence electrons. The number of carbonyl (C=O) groups excluding carboxylic acids is 1. The summed E-state index contributed by atoms with van der Waals surface area (Å²) < 4.78 is 0. The molecule has 1 aliphatic rings. The number of piperazine rings is 1. The molecule has 0 aromatic rings. The van der Waals surface area contributed by atoms with Crippen molar-refractivity contribution in [1.29, 1.82) is 0 Å². The van der Waals surface area contributed by atoms with E-state index in [1.54, 1.807) is 0 Å². The van der Waals surface area contributed by atoms with Gasteiger partial charge in [-0.3, -0.25) is 4.79 Å². The van der Waals surface area contributed by atoms with Crippen molar-refractivity contribution in [3.05, 3.63) is 0 Å². The highest BCUT2D eigenvalue weighted by Gasteiger charge is 2.22. The van der Waals surface area contributed by atoms with Crippen LogP contribution in [-0.2, 0) is 4.79 Å². The van der Waals surface area contributed by atoms with Gasteiger partial charge in [0.2, 0.25) is 5.91 Å². The van der Waals surface area contributed by atoms with Crippen molar-refractivity contribution in [2.45, 2.75) is 39.3 Å². The standard InChI is InChI=1S/C13H28N4O/c1-4-17(5-2)8-6-7-14-13(18)12-10-15-11(3)9-16-12/h11-12,15-16H,4-10H2,1-3H3,(H,14,18). The van der Waals surface area contributed by atoms with Gasteiger partial charge >= 0.3 is 0 Å². The fourth-order valence-electron chi connectivity index (χ4n) is 2.15. The Kier molecular flexibility index (Phi) is 7.23. The highest BCUT2D eigenvalue weighted by molar-refractivity contribution is 5.82. The Bertz CT molecular complexity index is 235. The Morgan fingerprint density at radius 1 is 1.28 bits per heavy atom. The first kappa shape index (κ1) is 15.4. The van der Waals surface area contributed by atoms with E-state index in [4.69, 9.17) is 0 Å². The monoisotopic (exact) mass is 256 g/mol. The molecular formula is C13H28N4O. The predicted octanol–water partition coefficient (Wildman–Crippen LogP) is -0.216. The van der Waals surface area contributed by atoms with Crippen molar-refractivity contribution in [1.82, 2.24) is 20.9 Å². The van der Waals surface area contributed by atoms with Crippen molar-refractivity contribution in [3.63, 3.8) is 0 Å². The van der Waals surface area contributed by atoms with Crippen LogP contribution in [0.15, 0.2) is 0 Å². The Morgan fingerprint density at radius 3 is 2.56 bits per heavy atom. The third-order valence-corrected chi connectivity index (χ3v) is 3.50. The van der Waals surface area contributed by atoms with Gasteiger partial charge in [0.15, 0.2) is 0 Å². The summed E-state index contributed by atoms with van der Waals surface area (Å²) in [7, 11) is 0. The van der Waals surface area contributed by atoms with Crippen LogP contribution in [0.5, 0.6) is 0 Å². The molecule has 1 aliphatic heterocycles. The molecule has 0 spiro atoms. The van der Waals surface area contributed by atoms with Crippen LogP contribution in [0.25, 0.3) is 0 Å². The molecule has 0 aromatic heterocycles. The van der Waals surface area contributed by atoms with E-state index in [0.29, 0.717) is 6.04 Å². The lowest BCUT2D eigenvalue weighted by Gasteiger charge is -2.28. The van der Waals surface area contributed by atoms with Gasteiger partial charge in [0.25, 0.3) is 0 Å². The summed E-state index contributed by atoms with van der Waals surface area (Å²) in [5, 5.41) is 9.57. The third kappa shape index (κ3) is 5.33. The van der Waals surface area contributed by atoms with Crippen LogP contribution in [0, 0.1) is 0 Å². The van der Waals surface area contributed by atoms with Gasteiger partial charge in [0, 0.05) is 25.7 Å². The van der Waals surface area contributed by atoms with E-state index in [-0.39, 0.29) is 11.9 Å². The number of rotatable bonds is 7. The molecule has 18 heavy (non-hydrogen) atoms. The molecule has 5 nitrogen and oxygen atoms in total. The van der Waals surface area contributed by atoms with Gasteiger partial charge in [-0.2, -0.15) is 0 Å². The molecular weight excluding hydrogens is 228 g/mol. The fraction of sp³-hybridized carbons (Fsp3) is 0.923. The van der Waals surface area contributed by atoms with E-state index in [1.165, 1.54) is 0 Å². The Hall–Kier alpha value is -0.650. The number of hydrogen-bond acceptors (Lipinski definition) is 4. The first-order chi connectivity index (χ1) is 8.67. The van der Waals surface area contributed by atoms with E-state index in [0.717, 1.165) is 45.7 Å². The van der Waals surface area contributed by atoms with Crippen LogP contribution in [0.1, 0.15) is 27.2 Å². The van der Waals surface area contributed by atoms with Crippen LogP contribution >= 0.6 is 0 Å². The maximum atomic E-state index is 11.9. The molecule has 0 saturated carbocycles. The zero-order chi connectivity index (χ0) is 13.4. The molecule has 1 rings (SSSR count). The second-order valence-electron chi connectivity index (χ2n) is 4.94. The van der Waals surface area contributed by atoms with Gasteiger partial charge in [-0.15, -0.1) is 0 Å². The predicted molar refractivity (Wildman–Crippen MR) is 74.7 cm³/mol. The summed E-state index contributed by atoms with van der Waals surface area (Å²) in [4.78, 5) is 14.2. The van der Waals surface area contributed by atoms with Gasteiger partial charge in [-0.25, -0.2) is 0 Å². The molecule has 5 heteroatoms. The summed E-state index contributed by atoms with van der Waals surface area (Å²) in [5.74, 6) is 0.119. The molecule has 1 amide bonds. The molecule has 0 radical (unpaired) electrons. The number of amides is 1. The minimum Gasteiger partial charge on any atom is -0.355 e. The smallest absolute Gasteiger partial charge is 0.238 e. The van der Waals surface area contributed by atoms with Gasteiger partial charge in [0.1, 0.15) is 0 Å². The SMILES string of the molecule is CCN(CC)CCCNC(=O)C1CNC(C)CN1. The van der Waals surface area contributed by atoms with Crippen LogP contribution < -0.4 is 16.0 Å². The highest BCUT2D eigenvalue weighted by Crippen LogP contribution is 1.94. The van der Waals surface area contributed by atoms with Crippen molar-refractivity contribution in [2.75, 3.05) is 39.3 Å². The first-order valence-corrected chi connectivity index (χ1v) is 7.14. The van der Waals surface area contributed by atoms with Crippen LogP contribution in [-0.4, -0.2) is 62.2 Å². The normalized spacial score (nSPS) is 24.2. The van der Waals surface area contributed by atoms with Crippen molar-refractivity contribution < 1.29 is 4.79 Å². The molecule has 3 N–H and O–H groups in total. The van der Waals surface area contributed by atoms with E-state index in [1.807, 2.05) is 0 Å². The Morgan fingerprint density at radius 2 is 2.00 bits per heavy atom. The lowest BCUT2D eigenvalue weighted by Crippen LogP contribution is -2.59. The topological polar surface area (TPSA) is 56.4 Å². The molecule has 0 aromatic carbocycles. The summed E-state index contributed by atoms with van der Waals surface area (Å²) in [5.41, 5.74) is 0. The minimum absolute atomic E-state index is 0.0744. The van der Waals surface area contributed by atoms with Crippen LogP contribution in [0.4, 0.5) is 0 Å². The quantitative estimate of drug-likeness (QED) is 0.552. The molecule has 2 atom stereocenters. The van der Waals surface area contributed by atoms with E-state index in [9.17, 15) is 4.79 Å². The average molecular weight is 256 g/mol. The Balaban J connectivity index is 2.10. The van der Waals surface area contributed by atoms with Gasteiger partial charge in [-0.05, 0) is 33.0 Å². The number of nitrogens with one attached hydrogen (secondary N) is 3. The average Bonchev–Trinajstić information content (AvgIpc) is 2.39. The van der Waals surface area contributed by atoms with Gasteiger partial charge in [0.05, 0.1) is 6.04 Å². The van der Waals surface area contributed by atoms with E-state index in [2.05, 4.69) is 41.6 Å². The van der Waals surface area contributed by atoms with E-state index >= 15 is 0 Å². The minimum atomic E-state index is -0.0744. The number of carbonyl (C=O) groups is 1. The Labute approximate surface area is 111 Å². The van der Waals surface area contributed by atoms with E-state index < -0.39 is 0 Å². The van der Waals surface area contributed by atoms with Crippen LogP contribution in [0.2, 0.25) is 0 Å².